The van der Waals surface area contributed by atoms with Gasteiger partial charge in [0.1, 0.15) is 12.4 Å². The van der Waals surface area contributed by atoms with Gasteiger partial charge in [0, 0.05) is 17.7 Å². The Balaban J connectivity index is 1.76. The monoisotopic (exact) mass is 285 g/mol. The molecule has 0 aromatic heterocycles. The van der Waals surface area contributed by atoms with E-state index in [0.29, 0.717) is 23.8 Å². The predicted molar refractivity (Wildman–Crippen MR) is 78.7 cm³/mol. The molecular formula is C16H12ClNO2. The summed E-state index contributed by atoms with van der Waals surface area (Å²) in [4.78, 5) is 15.3. The number of fused-ring (bicyclic) bond motifs is 1. The highest BCUT2D eigenvalue weighted by molar-refractivity contribution is 6.17. The van der Waals surface area contributed by atoms with Gasteiger partial charge in [-0.25, -0.2) is 4.99 Å². The molecule has 0 spiro atoms. The number of benzene rings is 2. The van der Waals surface area contributed by atoms with Crippen molar-refractivity contribution in [3.63, 3.8) is 0 Å². The Morgan fingerprint density at radius 1 is 1.05 bits per heavy atom. The molecule has 0 fully saturated rings. The molecule has 0 N–H and O–H groups in total. The lowest BCUT2D eigenvalue weighted by atomic mass is 10.1. The van der Waals surface area contributed by atoms with Gasteiger partial charge >= 0.3 is 0 Å². The highest BCUT2D eigenvalue weighted by Gasteiger charge is 2.18. The van der Waals surface area contributed by atoms with E-state index in [1.54, 1.807) is 18.3 Å². The second kappa shape index (κ2) is 5.47. The summed E-state index contributed by atoms with van der Waals surface area (Å²) < 4.78 is 5.78. The maximum absolute atomic E-state index is 11.5. The molecule has 4 heteroatoms. The molecule has 3 nitrogen and oxygen atoms in total. The van der Waals surface area contributed by atoms with Crippen LogP contribution >= 0.6 is 11.6 Å². The Morgan fingerprint density at radius 3 is 2.55 bits per heavy atom. The van der Waals surface area contributed by atoms with E-state index in [9.17, 15) is 4.79 Å². The second-order valence-electron chi connectivity index (χ2n) is 4.52. The maximum atomic E-state index is 11.5. The number of alkyl halides is 1. The number of aliphatic imine (C=N–C) groups is 1. The zero-order valence-corrected chi connectivity index (χ0v) is 11.4. The van der Waals surface area contributed by atoms with Crippen LogP contribution in [0.15, 0.2) is 47.5 Å². The summed E-state index contributed by atoms with van der Waals surface area (Å²) in [6.07, 6.45) is 1.56. The van der Waals surface area contributed by atoms with Crippen molar-refractivity contribution in [3.05, 3.63) is 64.7 Å². The lowest BCUT2D eigenvalue weighted by Crippen LogP contribution is -2.00. The van der Waals surface area contributed by atoms with Crippen LogP contribution in [0.4, 0.5) is 0 Å². The van der Waals surface area contributed by atoms with Gasteiger partial charge in [0.15, 0.2) is 0 Å². The number of hydrogen-bond acceptors (Lipinski definition) is 2. The number of halogens is 1. The van der Waals surface area contributed by atoms with E-state index in [2.05, 4.69) is 4.99 Å². The average Bonchev–Trinajstić information content (AvgIpc) is 2.88. The third kappa shape index (κ3) is 2.45. The molecule has 20 heavy (non-hydrogen) atoms. The van der Waals surface area contributed by atoms with Gasteiger partial charge in [-0.05, 0) is 23.3 Å². The molecule has 1 heterocycles. The summed E-state index contributed by atoms with van der Waals surface area (Å²) in [5, 5.41) is 0. The van der Waals surface area contributed by atoms with Gasteiger partial charge in [0.2, 0.25) is 0 Å². The smallest absolute Gasteiger partial charge is 0.277 e. The first kappa shape index (κ1) is 12.9. The van der Waals surface area contributed by atoms with Gasteiger partial charge in [0.25, 0.3) is 5.91 Å². The van der Waals surface area contributed by atoms with Crippen LogP contribution in [-0.2, 0) is 12.5 Å². The van der Waals surface area contributed by atoms with Crippen molar-refractivity contribution in [2.75, 3.05) is 0 Å². The first-order valence-corrected chi connectivity index (χ1v) is 6.79. The molecule has 0 unspecified atom stereocenters. The van der Waals surface area contributed by atoms with E-state index in [4.69, 9.17) is 16.3 Å². The summed E-state index contributed by atoms with van der Waals surface area (Å²) in [5.41, 5.74) is 3.49. The van der Waals surface area contributed by atoms with Gasteiger partial charge in [-0.1, -0.05) is 30.3 Å². The molecule has 1 aliphatic rings. The number of amides is 1. The maximum Gasteiger partial charge on any atom is 0.277 e. The zero-order chi connectivity index (χ0) is 13.9. The van der Waals surface area contributed by atoms with E-state index >= 15 is 0 Å². The standard InChI is InChI=1S/C16H12ClNO2/c17-8-11-4-6-12(7-5-11)10-20-15-3-1-2-13-14(15)9-18-16(13)19/h1-7,9H,8,10H2. The molecule has 0 saturated heterocycles. The van der Waals surface area contributed by atoms with Crippen LogP contribution in [0.2, 0.25) is 0 Å². The normalized spacial score (nSPS) is 12.6. The first-order valence-electron chi connectivity index (χ1n) is 6.26. The minimum Gasteiger partial charge on any atom is -0.488 e. The molecule has 0 bridgehead atoms. The lowest BCUT2D eigenvalue weighted by Gasteiger charge is -2.09. The molecule has 2 aromatic carbocycles. The topological polar surface area (TPSA) is 38.7 Å². The zero-order valence-electron chi connectivity index (χ0n) is 10.7. The fourth-order valence-electron chi connectivity index (χ4n) is 2.07. The molecule has 0 aliphatic carbocycles. The van der Waals surface area contributed by atoms with E-state index in [0.717, 1.165) is 16.7 Å². The van der Waals surface area contributed by atoms with Gasteiger partial charge in [-0.3, -0.25) is 4.79 Å². The van der Waals surface area contributed by atoms with Crippen LogP contribution in [0.5, 0.6) is 5.75 Å². The Morgan fingerprint density at radius 2 is 1.80 bits per heavy atom. The van der Waals surface area contributed by atoms with Crippen LogP contribution in [0.1, 0.15) is 27.0 Å². The van der Waals surface area contributed by atoms with E-state index < -0.39 is 0 Å². The molecule has 0 atom stereocenters. The van der Waals surface area contributed by atoms with Gasteiger partial charge < -0.3 is 4.74 Å². The first-order chi connectivity index (χ1) is 9.78. The lowest BCUT2D eigenvalue weighted by molar-refractivity contribution is 0.101. The number of rotatable bonds is 4. The van der Waals surface area contributed by atoms with Crippen molar-refractivity contribution >= 4 is 23.7 Å². The average molecular weight is 286 g/mol. The summed E-state index contributed by atoms with van der Waals surface area (Å²) in [7, 11) is 0. The molecule has 1 aliphatic heterocycles. The number of hydrogen-bond donors (Lipinski definition) is 0. The molecule has 1 amide bonds. The molecule has 3 rings (SSSR count). The van der Waals surface area contributed by atoms with Crippen molar-refractivity contribution in [1.29, 1.82) is 0 Å². The molecule has 0 radical (unpaired) electrons. The van der Waals surface area contributed by atoms with Gasteiger partial charge in [-0.15, -0.1) is 11.6 Å². The van der Waals surface area contributed by atoms with E-state index in [-0.39, 0.29) is 5.91 Å². The Labute approximate surface area is 121 Å². The Hall–Kier alpha value is -2.13. The molecule has 100 valence electrons. The third-order valence-electron chi connectivity index (χ3n) is 3.18. The predicted octanol–water partition coefficient (Wildman–Crippen LogP) is 3.58. The van der Waals surface area contributed by atoms with E-state index in [1.165, 1.54) is 0 Å². The minimum atomic E-state index is -0.211. The number of nitrogens with zero attached hydrogens (tertiary/aromatic N) is 1. The van der Waals surface area contributed by atoms with Crippen LogP contribution in [-0.4, -0.2) is 12.1 Å². The Bertz CT molecular complexity index is 677. The largest absolute Gasteiger partial charge is 0.488 e. The summed E-state index contributed by atoms with van der Waals surface area (Å²) in [6, 6.07) is 13.3. The number of ether oxygens (including phenoxy) is 1. The van der Waals surface area contributed by atoms with Crippen LogP contribution in [0.25, 0.3) is 0 Å². The highest BCUT2D eigenvalue weighted by Crippen LogP contribution is 2.25. The SMILES string of the molecule is O=C1N=Cc2c(OCc3ccc(CCl)cc3)cccc21. The van der Waals surface area contributed by atoms with Crippen molar-refractivity contribution in [2.45, 2.75) is 12.5 Å². The van der Waals surface area contributed by atoms with Gasteiger partial charge in [-0.2, -0.15) is 0 Å². The fourth-order valence-corrected chi connectivity index (χ4v) is 2.25. The van der Waals surface area contributed by atoms with Crippen molar-refractivity contribution < 1.29 is 9.53 Å². The summed E-state index contributed by atoms with van der Waals surface area (Å²) >= 11 is 5.75. The second-order valence-corrected chi connectivity index (χ2v) is 4.79. The van der Waals surface area contributed by atoms with Gasteiger partial charge in [0.05, 0.1) is 5.56 Å². The third-order valence-corrected chi connectivity index (χ3v) is 3.49. The minimum absolute atomic E-state index is 0.211. The molecular weight excluding hydrogens is 274 g/mol. The highest BCUT2D eigenvalue weighted by atomic mass is 35.5. The summed E-state index contributed by atoms with van der Waals surface area (Å²) in [5.74, 6) is 0.974. The fraction of sp³-hybridized carbons (Fsp3) is 0.125. The number of carbonyl (C=O) groups is 1. The number of carbonyl (C=O) groups excluding carboxylic acids is 1. The van der Waals surface area contributed by atoms with Crippen molar-refractivity contribution in [2.24, 2.45) is 4.99 Å². The Kier molecular flexibility index (Phi) is 3.52. The van der Waals surface area contributed by atoms with E-state index in [1.807, 2.05) is 30.3 Å². The quantitative estimate of drug-likeness (QED) is 0.806. The van der Waals surface area contributed by atoms with Crippen molar-refractivity contribution in [3.8, 4) is 5.75 Å². The van der Waals surface area contributed by atoms with Crippen LogP contribution in [0, 0.1) is 0 Å². The van der Waals surface area contributed by atoms with Crippen LogP contribution < -0.4 is 4.74 Å². The molecule has 2 aromatic rings. The summed E-state index contributed by atoms with van der Waals surface area (Å²) in [6.45, 7) is 0.445. The van der Waals surface area contributed by atoms with Crippen LogP contribution in [0.3, 0.4) is 0 Å². The molecule has 0 saturated carbocycles. The van der Waals surface area contributed by atoms with Crippen molar-refractivity contribution in [1.82, 2.24) is 0 Å².